The number of rotatable bonds is 6. The van der Waals surface area contributed by atoms with Crippen molar-refractivity contribution >= 4 is 5.91 Å². The number of amides is 1. The summed E-state index contributed by atoms with van der Waals surface area (Å²) in [4.78, 5) is 10.9. The van der Waals surface area contributed by atoms with Crippen LogP contribution in [0, 0.1) is 12.3 Å². The molecule has 68 valence electrons. The Morgan fingerprint density at radius 3 is 2.83 bits per heavy atom. The molecule has 0 saturated carbocycles. The van der Waals surface area contributed by atoms with Crippen LogP contribution in [-0.4, -0.2) is 24.2 Å². The van der Waals surface area contributed by atoms with Crippen LogP contribution in [0.5, 0.6) is 0 Å². The Labute approximate surface area is 73.2 Å². The second-order valence-electron chi connectivity index (χ2n) is 2.48. The molecule has 0 aliphatic carbocycles. The van der Waals surface area contributed by atoms with Gasteiger partial charge in [-0.05, 0) is 12.8 Å². The maximum Gasteiger partial charge on any atom is 0.220 e. The molecule has 3 heteroatoms. The smallest absolute Gasteiger partial charge is 0.220 e. The zero-order chi connectivity index (χ0) is 9.23. The third-order valence-corrected chi connectivity index (χ3v) is 1.41. The van der Waals surface area contributed by atoms with E-state index in [0.29, 0.717) is 13.0 Å². The first kappa shape index (κ1) is 11.0. The summed E-state index contributed by atoms with van der Waals surface area (Å²) in [6.07, 6.45) is 7.99. The summed E-state index contributed by atoms with van der Waals surface area (Å²) >= 11 is 0. The number of aliphatic hydroxyl groups excluding tert-OH is 1. The lowest BCUT2D eigenvalue weighted by Crippen LogP contribution is -2.25. The molecule has 0 aromatic carbocycles. The van der Waals surface area contributed by atoms with E-state index < -0.39 is 0 Å². The molecule has 0 aromatic rings. The van der Waals surface area contributed by atoms with Gasteiger partial charge < -0.3 is 10.4 Å². The summed E-state index contributed by atoms with van der Waals surface area (Å²) in [6.45, 7) is 0.337. The largest absolute Gasteiger partial charge is 0.395 e. The van der Waals surface area contributed by atoms with Crippen LogP contribution in [0.2, 0.25) is 0 Å². The van der Waals surface area contributed by atoms with E-state index in [1.54, 1.807) is 0 Å². The Hall–Kier alpha value is -1.01. The van der Waals surface area contributed by atoms with E-state index in [-0.39, 0.29) is 12.5 Å². The highest BCUT2D eigenvalue weighted by Gasteiger charge is 1.98. The van der Waals surface area contributed by atoms with Crippen LogP contribution in [0.15, 0.2) is 0 Å². The van der Waals surface area contributed by atoms with Gasteiger partial charge >= 0.3 is 0 Å². The average Bonchev–Trinajstić information content (AvgIpc) is 2.09. The molecule has 0 rings (SSSR count). The molecule has 0 aliphatic rings. The normalized spacial score (nSPS) is 9.00. The van der Waals surface area contributed by atoms with Gasteiger partial charge in [-0.1, -0.05) is 0 Å². The van der Waals surface area contributed by atoms with Gasteiger partial charge in [0, 0.05) is 19.4 Å². The first-order valence-corrected chi connectivity index (χ1v) is 4.12. The van der Waals surface area contributed by atoms with Gasteiger partial charge in [0.2, 0.25) is 5.91 Å². The highest BCUT2D eigenvalue weighted by Crippen LogP contribution is 1.97. The number of hydrogen-bond donors (Lipinski definition) is 2. The fourth-order valence-electron chi connectivity index (χ4n) is 0.796. The fraction of sp³-hybridized carbons (Fsp3) is 0.667. The molecule has 0 fully saturated rings. The van der Waals surface area contributed by atoms with Crippen molar-refractivity contribution in [3.05, 3.63) is 0 Å². The van der Waals surface area contributed by atoms with Crippen molar-refractivity contribution in [1.82, 2.24) is 5.32 Å². The Kier molecular flexibility index (Phi) is 7.41. The standard InChI is InChI=1S/C9H15NO2/c1-2-3-4-5-6-9(12)10-7-8-11/h1,11H,3-8H2,(H,10,12). The zero-order valence-corrected chi connectivity index (χ0v) is 7.18. The minimum Gasteiger partial charge on any atom is -0.395 e. The third-order valence-electron chi connectivity index (χ3n) is 1.41. The van der Waals surface area contributed by atoms with Gasteiger partial charge in [-0.2, -0.15) is 0 Å². The fourth-order valence-corrected chi connectivity index (χ4v) is 0.796. The lowest BCUT2D eigenvalue weighted by molar-refractivity contribution is -0.121. The highest BCUT2D eigenvalue weighted by molar-refractivity contribution is 5.75. The summed E-state index contributed by atoms with van der Waals surface area (Å²) in [5.41, 5.74) is 0. The van der Waals surface area contributed by atoms with Gasteiger partial charge in [0.1, 0.15) is 0 Å². The molecule has 2 N–H and O–H groups in total. The molecule has 0 bridgehead atoms. The van der Waals surface area contributed by atoms with Crippen molar-refractivity contribution < 1.29 is 9.90 Å². The van der Waals surface area contributed by atoms with Crippen molar-refractivity contribution in [3.63, 3.8) is 0 Å². The summed E-state index contributed by atoms with van der Waals surface area (Å²) in [6, 6.07) is 0. The lowest BCUT2D eigenvalue weighted by atomic mass is 10.2. The van der Waals surface area contributed by atoms with Gasteiger partial charge in [-0.3, -0.25) is 4.79 Å². The predicted molar refractivity (Wildman–Crippen MR) is 47.4 cm³/mol. The first-order chi connectivity index (χ1) is 5.81. The molecule has 12 heavy (non-hydrogen) atoms. The summed E-state index contributed by atoms with van der Waals surface area (Å²) < 4.78 is 0. The quantitative estimate of drug-likeness (QED) is 0.443. The molecule has 0 unspecified atom stereocenters. The highest BCUT2D eigenvalue weighted by atomic mass is 16.3. The van der Waals surface area contributed by atoms with E-state index >= 15 is 0 Å². The summed E-state index contributed by atoms with van der Waals surface area (Å²) in [5.74, 6) is 2.50. The molecule has 0 aliphatic heterocycles. The van der Waals surface area contributed by atoms with Gasteiger partial charge in [0.25, 0.3) is 0 Å². The molecule has 3 nitrogen and oxygen atoms in total. The van der Waals surface area contributed by atoms with E-state index in [1.807, 2.05) is 0 Å². The van der Waals surface area contributed by atoms with Crippen LogP contribution in [-0.2, 0) is 4.79 Å². The first-order valence-electron chi connectivity index (χ1n) is 4.12. The minimum absolute atomic E-state index is 0.00387. The second-order valence-corrected chi connectivity index (χ2v) is 2.48. The number of aliphatic hydroxyl groups is 1. The summed E-state index contributed by atoms with van der Waals surface area (Å²) in [7, 11) is 0. The number of carbonyl (C=O) groups is 1. The van der Waals surface area contributed by atoms with Gasteiger partial charge in [-0.25, -0.2) is 0 Å². The Balaban J connectivity index is 3.15. The number of terminal acetylenes is 1. The number of carbonyl (C=O) groups excluding carboxylic acids is 1. The van der Waals surface area contributed by atoms with E-state index in [4.69, 9.17) is 11.5 Å². The number of nitrogens with one attached hydrogen (secondary N) is 1. The Bertz CT molecular complexity index is 160. The van der Waals surface area contributed by atoms with Crippen molar-refractivity contribution in [3.8, 4) is 12.3 Å². The number of hydrogen-bond acceptors (Lipinski definition) is 2. The average molecular weight is 169 g/mol. The minimum atomic E-state index is -0.0129. The van der Waals surface area contributed by atoms with Crippen LogP contribution >= 0.6 is 0 Å². The van der Waals surface area contributed by atoms with Crippen molar-refractivity contribution in [2.75, 3.05) is 13.2 Å². The topological polar surface area (TPSA) is 49.3 Å². The SMILES string of the molecule is C#CCCCCC(=O)NCCO. The molecular formula is C9H15NO2. The number of unbranched alkanes of at least 4 members (excludes halogenated alkanes) is 2. The van der Waals surface area contributed by atoms with Crippen molar-refractivity contribution in [1.29, 1.82) is 0 Å². The third kappa shape index (κ3) is 7.10. The lowest BCUT2D eigenvalue weighted by Gasteiger charge is -2.01. The van der Waals surface area contributed by atoms with Gasteiger partial charge in [0.15, 0.2) is 0 Å². The monoisotopic (exact) mass is 169 g/mol. The zero-order valence-electron chi connectivity index (χ0n) is 7.18. The molecule has 0 spiro atoms. The van der Waals surface area contributed by atoms with Crippen LogP contribution in [0.4, 0.5) is 0 Å². The van der Waals surface area contributed by atoms with Crippen LogP contribution in [0.1, 0.15) is 25.7 Å². The predicted octanol–water partition coefficient (Wildman–Crippen LogP) is 0.288. The summed E-state index contributed by atoms with van der Waals surface area (Å²) in [5, 5.41) is 11.0. The maximum atomic E-state index is 10.9. The molecule has 0 radical (unpaired) electrons. The molecule has 0 aromatic heterocycles. The van der Waals surface area contributed by atoms with Crippen molar-refractivity contribution in [2.24, 2.45) is 0 Å². The molecular weight excluding hydrogens is 154 g/mol. The molecule has 1 amide bonds. The maximum absolute atomic E-state index is 10.9. The molecule has 0 saturated heterocycles. The second kappa shape index (κ2) is 8.09. The van der Waals surface area contributed by atoms with E-state index in [2.05, 4.69) is 11.2 Å². The van der Waals surface area contributed by atoms with Crippen LogP contribution in [0.3, 0.4) is 0 Å². The molecule has 0 atom stereocenters. The Morgan fingerprint density at radius 2 is 2.25 bits per heavy atom. The van der Waals surface area contributed by atoms with Gasteiger partial charge in [0.05, 0.1) is 6.61 Å². The van der Waals surface area contributed by atoms with E-state index in [0.717, 1.165) is 19.3 Å². The van der Waals surface area contributed by atoms with E-state index in [1.165, 1.54) is 0 Å². The van der Waals surface area contributed by atoms with E-state index in [9.17, 15) is 4.79 Å². The van der Waals surface area contributed by atoms with Gasteiger partial charge in [-0.15, -0.1) is 12.3 Å². The molecule has 0 heterocycles. The Morgan fingerprint density at radius 1 is 1.50 bits per heavy atom. The van der Waals surface area contributed by atoms with Crippen LogP contribution in [0.25, 0.3) is 0 Å². The van der Waals surface area contributed by atoms with Crippen molar-refractivity contribution in [2.45, 2.75) is 25.7 Å². The van der Waals surface area contributed by atoms with Crippen LogP contribution < -0.4 is 5.32 Å².